The molecule has 2 aliphatic carbocycles. The first-order chi connectivity index (χ1) is 8.74. The maximum absolute atomic E-state index is 12.1. The quantitative estimate of drug-likeness (QED) is 0.833. The summed E-state index contributed by atoms with van der Waals surface area (Å²) in [6.45, 7) is 0. The largest absolute Gasteiger partial charge is 0.338 e. The lowest BCUT2D eigenvalue weighted by atomic mass is 9.82. The van der Waals surface area contributed by atoms with Crippen LogP contribution in [0.1, 0.15) is 70.6 Å². The summed E-state index contributed by atoms with van der Waals surface area (Å²) in [5, 5.41) is 12.4. The third-order valence-electron chi connectivity index (χ3n) is 4.50. The van der Waals surface area contributed by atoms with Gasteiger partial charge >= 0.3 is 0 Å². The van der Waals surface area contributed by atoms with Crippen molar-refractivity contribution >= 4 is 5.91 Å². The summed E-state index contributed by atoms with van der Waals surface area (Å²) in [5.74, 6) is 0.656. The van der Waals surface area contributed by atoms with Gasteiger partial charge in [0.15, 0.2) is 0 Å². The summed E-state index contributed by atoms with van der Waals surface area (Å²) >= 11 is 0. The van der Waals surface area contributed by atoms with Gasteiger partial charge in [-0.3, -0.25) is 4.79 Å². The molecule has 2 fully saturated rings. The lowest BCUT2D eigenvalue weighted by molar-refractivity contribution is -0.123. The predicted octanol–water partition coefficient (Wildman–Crippen LogP) is 3.30. The van der Waals surface area contributed by atoms with Crippen LogP contribution in [0.3, 0.4) is 0 Å². The molecule has 2 saturated carbocycles. The fraction of sp³-hybridized carbons (Fsp3) is 0.867. The Hall–Kier alpha value is -1.04. The van der Waals surface area contributed by atoms with E-state index in [4.69, 9.17) is 0 Å². The molecule has 1 amide bonds. The van der Waals surface area contributed by atoms with Gasteiger partial charge in [-0.1, -0.05) is 38.5 Å². The molecule has 1 N–H and O–H groups in total. The van der Waals surface area contributed by atoms with Gasteiger partial charge in [-0.25, -0.2) is 0 Å². The number of carbonyl (C=O) groups excluding carboxylic acids is 1. The van der Waals surface area contributed by atoms with Gasteiger partial charge < -0.3 is 5.32 Å². The van der Waals surface area contributed by atoms with E-state index in [-0.39, 0.29) is 5.91 Å². The molecule has 0 aromatic heterocycles. The molecule has 0 saturated heterocycles. The Kier molecular flexibility index (Phi) is 4.63. The SMILES string of the molecule is N#CC1(NC(=O)CC2CCCCC2)CCCCC1. The molecule has 0 aromatic rings. The lowest BCUT2D eigenvalue weighted by Gasteiger charge is -2.32. The molecule has 18 heavy (non-hydrogen) atoms. The van der Waals surface area contributed by atoms with Crippen molar-refractivity contribution in [1.29, 1.82) is 5.26 Å². The molecule has 0 atom stereocenters. The first-order valence-electron chi connectivity index (χ1n) is 7.46. The van der Waals surface area contributed by atoms with Crippen LogP contribution in [-0.4, -0.2) is 11.4 Å². The maximum atomic E-state index is 12.1. The summed E-state index contributed by atoms with van der Waals surface area (Å²) in [6.07, 6.45) is 11.8. The topological polar surface area (TPSA) is 52.9 Å². The molecule has 0 heterocycles. The molecule has 100 valence electrons. The molecule has 2 aliphatic rings. The van der Waals surface area contributed by atoms with E-state index in [0.717, 1.165) is 25.7 Å². The molecular weight excluding hydrogens is 224 g/mol. The van der Waals surface area contributed by atoms with Gasteiger partial charge in [0.2, 0.25) is 5.91 Å². The van der Waals surface area contributed by atoms with Gasteiger partial charge in [0, 0.05) is 6.42 Å². The van der Waals surface area contributed by atoms with E-state index in [1.807, 2.05) is 0 Å². The lowest BCUT2D eigenvalue weighted by Crippen LogP contribution is -2.49. The van der Waals surface area contributed by atoms with Gasteiger partial charge in [-0.2, -0.15) is 5.26 Å². The number of rotatable bonds is 3. The van der Waals surface area contributed by atoms with Gasteiger partial charge in [0.25, 0.3) is 0 Å². The van der Waals surface area contributed by atoms with E-state index < -0.39 is 5.54 Å². The fourth-order valence-electron chi connectivity index (χ4n) is 3.39. The Morgan fingerprint density at radius 2 is 1.72 bits per heavy atom. The number of nitrogens with zero attached hydrogens (tertiary/aromatic N) is 1. The number of hydrogen-bond acceptors (Lipinski definition) is 2. The minimum absolute atomic E-state index is 0.102. The summed E-state index contributed by atoms with van der Waals surface area (Å²) in [5.41, 5.74) is -0.552. The highest BCUT2D eigenvalue weighted by molar-refractivity contribution is 5.77. The van der Waals surface area contributed by atoms with Crippen molar-refractivity contribution in [1.82, 2.24) is 5.32 Å². The molecular formula is C15H24N2O. The zero-order chi connectivity index (χ0) is 12.8. The first kappa shape index (κ1) is 13.4. The van der Waals surface area contributed by atoms with Crippen molar-refractivity contribution < 1.29 is 4.79 Å². The Balaban J connectivity index is 1.83. The van der Waals surface area contributed by atoms with Crippen LogP contribution < -0.4 is 5.32 Å². The highest BCUT2D eigenvalue weighted by Gasteiger charge is 2.33. The zero-order valence-corrected chi connectivity index (χ0v) is 11.2. The van der Waals surface area contributed by atoms with Crippen LogP contribution >= 0.6 is 0 Å². The summed E-state index contributed by atoms with van der Waals surface area (Å²) in [7, 11) is 0. The van der Waals surface area contributed by atoms with E-state index in [2.05, 4.69) is 11.4 Å². The van der Waals surface area contributed by atoms with Crippen molar-refractivity contribution in [3.63, 3.8) is 0 Å². The van der Waals surface area contributed by atoms with Gasteiger partial charge in [-0.05, 0) is 31.6 Å². The Morgan fingerprint density at radius 3 is 2.33 bits per heavy atom. The van der Waals surface area contributed by atoms with Crippen LogP contribution in [0, 0.1) is 17.2 Å². The van der Waals surface area contributed by atoms with E-state index in [0.29, 0.717) is 12.3 Å². The van der Waals surface area contributed by atoms with Crippen molar-refractivity contribution in [3.8, 4) is 6.07 Å². The Labute approximate surface area is 110 Å². The third-order valence-corrected chi connectivity index (χ3v) is 4.50. The predicted molar refractivity (Wildman–Crippen MR) is 70.8 cm³/mol. The smallest absolute Gasteiger partial charge is 0.221 e. The zero-order valence-electron chi connectivity index (χ0n) is 11.2. The minimum atomic E-state index is -0.552. The monoisotopic (exact) mass is 248 g/mol. The molecule has 3 heteroatoms. The summed E-state index contributed by atoms with van der Waals surface area (Å²) in [6, 6.07) is 2.35. The van der Waals surface area contributed by atoms with Gasteiger partial charge in [0.05, 0.1) is 6.07 Å². The molecule has 0 bridgehead atoms. The molecule has 0 unspecified atom stereocenters. The van der Waals surface area contributed by atoms with E-state index in [1.165, 1.54) is 38.5 Å². The fourth-order valence-corrected chi connectivity index (χ4v) is 3.39. The first-order valence-corrected chi connectivity index (χ1v) is 7.46. The van der Waals surface area contributed by atoms with E-state index >= 15 is 0 Å². The van der Waals surface area contributed by atoms with Crippen molar-refractivity contribution in [2.75, 3.05) is 0 Å². The van der Waals surface area contributed by atoms with Crippen LogP contribution in [-0.2, 0) is 4.79 Å². The highest BCUT2D eigenvalue weighted by atomic mass is 16.1. The molecule has 0 aliphatic heterocycles. The second kappa shape index (κ2) is 6.22. The Bertz CT molecular complexity index is 320. The average molecular weight is 248 g/mol. The summed E-state index contributed by atoms with van der Waals surface area (Å²) < 4.78 is 0. The third kappa shape index (κ3) is 3.48. The van der Waals surface area contributed by atoms with Gasteiger partial charge in [0.1, 0.15) is 5.54 Å². The number of amides is 1. The normalized spacial score (nSPS) is 24.2. The number of nitrogens with one attached hydrogen (secondary N) is 1. The highest BCUT2D eigenvalue weighted by Crippen LogP contribution is 2.29. The van der Waals surface area contributed by atoms with Crippen molar-refractivity contribution in [2.45, 2.75) is 76.2 Å². The van der Waals surface area contributed by atoms with E-state index in [9.17, 15) is 10.1 Å². The summed E-state index contributed by atoms with van der Waals surface area (Å²) in [4.78, 5) is 12.1. The maximum Gasteiger partial charge on any atom is 0.221 e. The van der Waals surface area contributed by atoms with Crippen LogP contribution in [0.15, 0.2) is 0 Å². The minimum Gasteiger partial charge on any atom is -0.338 e. The second-order valence-corrected chi connectivity index (χ2v) is 6.01. The van der Waals surface area contributed by atoms with Gasteiger partial charge in [-0.15, -0.1) is 0 Å². The molecule has 0 radical (unpaired) electrons. The molecule has 0 aromatic carbocycles. The molecule has 2 rings (SSSR count). The van der Waals surface area contributed by atoms with Crippen LogP contribution in [0.25, 0.3) is 0 Å². The van der Waals surface area contributed by atoms with E-state index in [1.54, 1.807) is 0 Å². The molecule has 0 spiro atoms. The number of hydrogen-bond donors (Lipinski definition) is 1. The second-order valence-electron chi connectivity index (χ2n) is 6.01. The van der Waals surface area contributed by atoms with Crippen molar-refractivity contribution in [3.05, 3.63) is 0 Å². The van der Waals surface area contributed by atoms with Crippen molar-refractivity contribution in [2.24, 2.45) is 5.92 Å². The Morgan fingerprint density at radius 1 is 1.11 bits per heavy atom. The number of carbonyl (C=O) groups is 1. The van der Waals surface area contributed by atoms with Crippen LogP contribution in [0.4, 0.5) is 0 Å². The van der Waals surface area contributed by atoms with Crippen LogP contribution in [0.5, 0.6) is 0 Å². The standard InChI is InChI=1S/C15H24N2O/c16-12-15(9-5-2-6-10-15)17-14(18)11-13-7-3-1-4-8-13/h13H,1-11H2,(H,17,18). The molecule has 3 nitrogen and oxygen atoms in total. The van der Waals surface area contributed by atoms with Crippen LogP contribution in [0.2, 0.25) is 0 Å². The average Bonchev–Trinajstić information content (AvgIpc) is 2.41. The number of nitriles is 1.